The van der Waals surface area contributed by atoms with Gasteiger partial charge in [0.15, 0.2) is 0 Å². The quantitative estimate of drug-likeness (QED) is 0.0882. The van der Waals surface area contributed by atoms with E-state index in [1.54, 1.807) is 48.5 Å². The van der Waals surface area contributed by atoms with Crippen LogP contribution in [-0.4, -0.2) is 31.4 Å². The fourth-order valence-electron chi connectivity index (χ4n) is 5.36. The van der Waals surface area contributed by atoms with Crippen LogP contribution >= 0.6 is 0 Å². The largest absolute Gasteiger partial charge is 0.494 e. The van der Waals surface area contributed by atoms with E-state index in [4.69, 9.17) is 18.9 Å². The van der Waals surface area contributed by atoms with Gasteiger partial charge in [-0.15, -0.1) is 0 Å². The molecule has 2 aromatic carbocycles. The van der Waals surface area contributed by atoms with E-state index in [-0.39, 0.29) is 0 Å². The van der Waals surface area contributed by atoms with Crippen LogP contribution in [0, 0.1) is 5.92 Å². The number of ether oxygens (including phenoxy) is 4. The fourth-order valence-corrected chi connectivity index (χ4v) is 5.36. The molecule has 0 aliphatic heterocycles. The van der Waals surface area contributed by atoms with Gasteiger partial charge >= 0.3 is 11.9 Å². The lowest BCUT2D eigenvalue weighted by molar-refractivity contribution is -0.0911. The highest BCUT2D eigenvalue weighted by molar-refractivity contribution is 5.91. The van der Waals surface area contributed by atoms with Crippen LogP contribution in [0.3, 0.4) is 0 Å². The van der Waals surface area contributed by atoms with Crippen molar-refractivity contribution >= 4 is 11.9 Å². The summed E-state index contributed by atoms with van der Waals surface area (Å²) in [5, 5.41) is 0. The number of carbonyl (C=O) groups excluding carboxylic acids is 2. The summed E-state index contributed by atoms with van der Waals surface area (Å²) in [6, 6.07) is 14.0. The predicted molar refractivity (Wildman–Crippen MR) is 167 cm³/mol. The molecule has 0 atom stereocenters. The zero-order valence-corrected chi connectivity index (χ0v) is 26.0. The summed E-state index contributed by atoms with van der Waals surface area (Å²) in [6.45, 7) is 5.74. The van der Waals surface area contributed by atoms with Gasteiger partial charge in [-0.05, 0) is 67.3 Å². The molecule has 0 spiro atoms. The summed E-state index contributed by atoms with van der Waals surface area (Å²) in [5.74, 6) is 0.827. The average Bonchev–Trinajstić information content (AvgIpc) is 3.01. The Bertz CT molecular complexity index is 937. The van der Waals surface area contributed by atoms with Gasteiger partial charge in [-0.1, -0.05) is 97.3 Å². The molecule has 1 aliphatic rings. The Labute approximate surface area is 253 Å². The highest BCUT2D eigenvalue weighted by Gasteiger charge is 2.26. The smallest absolute Gasteiger partial charge is 0.341 e. The monoisotopic (exact) mass is 580 g/mol. The van der Waals surface area contributed by atoms with E-state index in [2.05, 4.69) is 13.8 Å². The summed E-state index contributed by atoms with van der Waals surface area (Å²) >= 11 is 0. The van der Waals surface area contributed by atoms with Crippen molar-refractivity contribution in [2.75, 3.05) is 13.2 Å². The summed E-state index contributed by atoms with van der Waals surface area (Å²) in [6.07, 6.45) is 17.0. The lowest BCUT2D eigenvalue weighted by Gasteiger charge is -2.26. The first-order valence-electron chi connectivity index (χ1n) is 16.5. The zero-order valence-electron chi connectivity index (χ0n) is 26.0. The van der Waals surface area contributed by atoms with E-state index in [1.165, 1.54) is 44.9 Å². The third kappa shape index (κ3) is 12.9. The molecule has 0 bridgehead atoms. The number of hydrogen-bond donors (Lipinski definition) is 0. The molecule has 0 aromatic heterocycles. The molecule has 0 N–H and O–H groups in total. The van der Waals surface area contributed by atoms with Crippen molar-refractivity contribution in [2.45, 2.75) is 123 Å². The first-order chi connectivity index (χ1) is 20.6. The van der Waals surface area contributed by atoms with Crippen LogP contribution in [0.25, 0.3) is 0 Å². The molecule has 3 rings (SSSR count). The molecule has 6 heteroatoms. The number of unbranched alkanes of at least 4 members (excludes halogenated alkanes) is 8. The molecule has 0 heterocycles. The third-order valence-electron chi connectivity index (χ3n) is 7.94. The maximum atomic E-state index is 13.0. The first kappa shape index (κ1) is 33.5. The van der Waals surface area contributed by atoms with Gasteiger partial charge in [0, 0.05) is 6.42 Å². The van der Waals surface area contributed by atoms with Crippen LogP contribution in [0.2, 0.25) is 0 Å². The standard InChI is InChI=1S/C36H52O6/c1-3-5-7-9-14-26-39-32-22-18-30(19-23-32)35(37)41-34(28-29-16-12-11-13-17-29)42-36(38)31-20-24-33(25-21-31)40-27-15-10-8-6-4-2/h18-25,29,34H,3-17,26-28H2,1-2H3. The highest BCUT2D eigenvalue weighted by Crippen LogP contribution is 2.29. The van der Waals surface area contributed by atoms with Crippen LogP contribution in [0.15, 0.2) is 48.5 Å². The van der Waals surface area contributed by atoms with E-state index < -0.39 is 18.2 Å². The van der Waals surface area contributed by atoms with Gasteiger partial charge in [-0.25, -0.2) is 9.59 Å². The van der Waals surface area contributed by atoms with E-state index in [9.17, 15) is 9.59 Å². The minimum atomic E-state index is -0.939. The third-order valence-corrected chi connectivity index (χ3v) is 7.94. The van der Waals surface area contributed by atoms with Crippen LogP contribution in [0.1, 0.15) is 137 Å². The lowest BCUT2D eigenvalue weighted by atomic mass is 9.87. The average molecular weight is 581 g/mol. The van der Waals surface area contributed by atoms with Gasteiger partial charge in [-0.2, -0.15) is 0 Å². The minimum absolute atomic E-state index is 0.366. The summed E-state index contributed by atoms with van der Waals surface area (Å²) in [4.78, 5) is 26.1. The Kier molecular flexibility index (Phi) is 15.9. The molecular formula is C36H52O6. The van der Waals surface area contributed by atoms with E-state index >= 15 is 0 Å². The van der Waals surface area contributed by atoms with Crippen molar-refractivity contribution in [2.24, 2.45) is 5.92 Å². The van der Waals surface area contributed by atoms with E-state index in [0.29, 0.717) is 36.7 Å². The van der Waals surface area contributed by atoms with Crippen molar-refractivity contribution < 1.29 is 28.5 Å². The molecule has 42 heavy (non-hydrogen) atoms. The number of rotatable bonds is 20. The van der Waals surface area contributed by atoms with Crippen LogP contribution in [0.4, 0.5) is 0 Å². The zero-order chi connectivity index (χ0) is 29.8. The van der Waals surface area contributed by atoms with Gasteiger partial charge < -0.3 is 18.9 Å². The molecule has 0 unspecified atom stereocenters. The Morgan fingerprint density at radius 3 is 1.48 bits per heavy atom. The molecule has 232 valence electrons. The van der Waals surface area contributed by atoms with Crippen LogP contribution in [-0.2, 0) is 9.47 Å². The summed E-state index contributed by atoms with van der Waals surface area (Å²) in [7, 11) is 0. The maximum Gasteiger partial charge on any atom is 0.341 e. The second kappa shape index (κ2) is 20.0. The molecule has 6 nitrogen and oxygen atoms in total. The maximum absolute atomic E-state index is 13.0. The van der Waals surface area contributed by atoms with Gasteiger partial charge in [0.1, 0.15) is 11.5 Å². The number of esters is 2. The molecule has 1 fully saturated rings. The predicted octanol–water partition coefficient (Wildman–Crippen LogP) is 9.70. The van der Waals surface area contributed by atoms with Gasteiger partial charge in [0.25, 0.3) is 0 Å². The molecule has 0 saturated heterocycles. The minimum Gasteiger partial charge on any atom is -0.494 e. The molecule has 0 amide bonds. The van der Waals surface area contributed by atoms with E-state index in [0.717, 1.165) is 62.9 Å². The topological polar surface area (TPSA) is 71.1 Å². The van der Waals surface area contributed by atoms with Crippen molar-refractivity contribution in [3.8, 4) is 11.5 Å². The molecule has 1 aliphatic carbocycles. The Morgan fingerprint density at radius 1 is 0.619 bits per heavy atom. The second-order valence-corrected chi connectivity index (χ2v) is 11.6. The number of benzene rings is 2. The van der Waals surface area contributed by atoms with Crippen molar-refractivity contribution in [3.05, 3.63) is 59.7 Å². The fraction of sp³-hybridized carbons (Fsp3) is 0.611. The second-order valence-electron chi connectivity index (χ2n) is 11.6. The van der Waals surface area contributed by atoms with Crippen LogP contribution < -0.4 is 9.47 Å². The normalized spacial score (nSPS) is 13.6. The van der Waals surface area contributed by atoms with Crippen molar-refractivity contribution in [1.82, 2.24) is 0 Å². The van der Waals surface area contributed by atoms with Gasteiger partial charge in [0.05, 0.1) is 24.3 Å². The lowest BCUT2D eigenvalue weighted by Crippen LogP contribution is -2.28. The Morgan fingerprint density at radius 2 is 1.05 bits per heavy atom. The Hall–Kier alpha value is -3.02. The van der Waals surface area contributed by atoms with Crippen LogP contribution in [0.5, 0.6) is 11.5 Å². The summed E-state index contributed by atoms with van der Waals surface area (Å²) < 4.78 is 23.2. The number of hydrogen-bond acceptors (Lipinski definition) is 6. The van der Waals surface area contributed by atoms with Crippen molar-refractivity contribution in [1.29, 1.82) is 0 Å². The van der Waals surface area contributed by atoms with Crippen molar-refractivity contribution in [3.63, 3.8) is 0 Å². The Balaban J connectivity index is 1.52. The number of carbonyl (C=O) groups is 2. The van der Waals surface area contributed by atoms with Gasteiger partial charge in [-0.3, -0.25) is 0 Å². The SMILES string of the molecule is CCCCCCCOc1ccc(C(=O)OC(CC2CCCCC2)OC(=O)c2ccc(OCCCCCCC)cc2)cc1. The summed E-state index contributed by atoms with van der Waals surface area (Å²) in [5.41, 5.74) is 0.817. The van der Waals surface area contributed by atoms with E-state index in [1.807, 2.05) is 0 Å². The molecule has 0 radical (unpaired) electrons. The van der Waals surface area contributed by atoms with Gasteiger partial charge in [0.2, 0.25) is 6.29 Å². The molecule has 1 saturated carbocycles. The highest BCUT2D eigenvalue weighted by atomic mass is 16.7. The molecule has 2 aromatic rings. The molecular weight excluding hydrogens is 528 g/mol. The first-order valence-corrected chi connectivity index (χ1v) is 16.5.